The van der Waals surface area contributed by atoms with Gasteiger partial charge in [-0.2, -0.15) is 0 Å². The normalized spacial score (nSPS) is 12.4. The second-order valence-corrected chi connectivity index (χ2v) is 41.5. The highest BCUT2D eigenvalue weighted by molar-refractivity contribution is 6.16. The van der Waals surface area contributed by atoms with Crippen molar-refractivity contribution < 1.29 is 0 Å². The second kappa shape index (κ2) is 36.2. The second-order valence-electron chi connectivity index (χ2n) is 41.5. The maximum absolute atomic E-state index is 5.35. The Morgan fingerprint density at radius 3 is 0.541 bits per heavy atom. The SMILES string of the molecule is CC(C)Cn1c2ccccc2c2cc(-c3ccc4c(c3)c3cc(CCCc5ccc(-c6nc(-c7ccc(CCCc8ccc9c(c8)c8cc(-c%10ccc%11c(c%10)c%10ccccc%10n%11CC(C)C)ccc8n9CC(C)C)cc7)nc(-c7ccc(CCCc8ccc9c(c8)c8cc(-c%10ccc%11c(c%10)c%10ccccc%10n%11CC(C)C)ccc8n9CC(C)C)cc7)n6)cc5)ccc3n4CC(C)C)ccc21. The fourth-order valence-electron chi connectivity index (χ4n) is 22.2. The topological polar surface area (TPSA) is 68.2 Å². The van der Waals surface area contributed by atoms with Gasteiger partial charge in [0.1, 0.15) is 0 Å². The molecule has 0 saturated carbocycles. The van der Waals surface area contributed by atoms with Crippen LogP contribution in [0.5, 0.6) is 0 Å². The van der Waals surface area contributed by atoms with E-state index in [9.17, 15) is 0 Å². The Bertz CT molecular complexity index is 7490. The molecule has 22 rings (SSSR count). The molecule has 0 unspecified atom stereocenters. The monoisotopic (exact) mass is 1760 g/mol. The molecular formula is C126H123N9. The van der Waals surface area contributed by atoms with E-state index in [2.05, 4.69) is 420 Å². The molecule has 0 aliphatic rings. The van der Waals surface area contributed by atoms with Crippen molar-refractivity contribution in [2.45, 2.75) is 180 Å². The first-order valence-corrected chi connectivity index (χ1v) is 50.0. The van der Waals surface area contributed by atoms with Crippen molar-refractivity contribution in [1.29, 1.82) is 0 Å². The predicted octanol–water partition coefficient (Wildman–Crippen LogP) is 33.0. The number of fused-ring (bicyclic) bond motifs is 18. The number of nitrogens with zero attached hydrogens (tertiary/aromatic N) is 9. The van der Waals surface area contributed by atoms with Crippen molar-refractivity contribution in [2.75, 3.05) is 0 Å². The van der Waals surface area contributed by atoms with Crippen LogP contribution in [0.4, 0.5) is 0 Å². The minimum atomic E-state index is 0.504. The van der Waals surface area contributed by atoms with E-state index in [4.69, 9.17) is 15.0 Å². The standard InChI is InChI=1S/C126H123N9/c1-79(2)73-130-112-31-16-13-28-100(112)106-67-94(49-58-118(106)130)97-52-61-121-109(70-97)103-64-88(40-55-115(103)133(121)76-82(7)8)25-19-22-85-34-43-91(44-35-85)124-127-125(92-45-36-86(37-46-92)23-20-26-89-41-56-116-104(65-89)110-71-98(53-62-122(110)134(116)77-83(9)10)95-50-59-119-107(68-95)101-29-14-17-32-113(101)131(119)74-80(3)4)129-126(128-124)93-47-38-87(39-48-93)24-21-27-90-42-57-117-105(66-90)111-72-99(54-63-123(111)135(117)78-84(11)12)96-51-60-120-108(69-96)102-30-15-18-33-114(102)132(120)75-81(5)6/h13-18,28-72,79-84H,19-27,73-78H2,1-12H3. The van der Waals surface area contributed by atoms with Crippen LogP contribution in [0.1, 0.15) is 136 Å². The molecule has 0 atom stereocenters. The lowest BCUT2D eigenvalue weighted by atomic mass is 9.99. The third-order valence-electron chi connectivity index (χ3n) is 28.5. The summed E-state index contributed by atoms with van der Waals surface area (Å²) in [7, 11) is 0. The van der Waals surface area contributed by atoms with Crippen molar-refractivity contribution in [3.8, 4) is 67.5 Å². The van der Waals surface area contributed by atoms with E-state index in [0.29, 0.717) is 53.0 Å². The van der Waals surface area contributed by atoms with E-state index in [1.807, 2.05) is 0 Å². The van der Waals surface area contributed by atoms with Crippen molar-refractivity contribution in [1.82, 2.24) is 42.4 Å². The number of aryl methyl sites for hydroxylation is 6. The molecule has 9 nitrogen and oxygen atoms in total. The van der Waals surface area contributed by atoms with Gasteiger partial charge < -0.3 is 27.4 Å². The Labute approximate surface area is 793 Å². The van der Waals surface area contributed by atoms with Gasteiger partial charge in [-0.3, -0.25) is 0 Å². The van der Waals surface area contributed by atoms with E-state index in [0.717, 1.165) is 114 Å². The Hall–Kier alpha value is -13.9. The third-order valence-corrected chi connectivity index (χ3v) is 28.5. The van der Waals surface area contributed by atoms with Crippen molar-refractivity contribution in [3.63, 3.8) is 0 Å². The van der Waals surface area contributed by atoms with Gasteiger partial charge >= 0.3 is 0 Å². The van der Waals surface area contributed by atoms with Gasteiger partial charge in [-0.15, -0.1) is 0 Å². The highest BCUT2D eigenvalue weighted by atomic mass is 15.0. The zero-order valence-corrected chi connectivity index (χ0v) is 80.5. The van der Waals surface area contributed by atoms with Crippen LogP contribution in [0.3, 0.4) is 0 Å². The van der Waals surface area contributed by atoms with Crippen molar-refractivity contribution in [3.05, 3.63) is 343 Å². The van der Waals surface area contributed by atoms with E-state index < -0.39 is 0 Å². The van der Waals surface area contributed by atoms with Gasteiger partial charge in [0, 0.05) is 187 Å². The van der Waals surface area contributed by atoms with Gasteiger partial charge in [0.2, 0.25) is 0 Å². The molecule has 0 radical (unpaired) electrons. The number of hydrogen-bond donors (Lipinski definition) is 0. The lowest BCUT2D eigenvalue weighted by Gasteiger charge is -2.11. The molecule has 9 heteroatoms. The van der Waals surface area contributed by atoms with Crippen LogP contribution < -0.4 is 0 Å². The molecule has 672 valence electrons. The van der Waals surface area contributed by atoms with Gasteiger partial charge in [-0.25, -0.2) is 15.0 Å². The first-order valence-electron chi connectivity index (χ1n) is 50.0. The van der Waals surface area contributed by atoms with E-state index in [1.54, 1.807) is 0 Å². The number of aromatic nitrogens is 9. The number of benzene rings is 15. The average Bonchev–Trinajstić information content (AvgIpc) is 1.59. The Kier molecular flexibility index (Phi) is 23.2. The molecule has 0 bridgehead atoms. The molecule has 0 aliphatic carbocycles. The summed E-state index contributed by atoms with van der Waals surface area (Å²) in [4.78, 5) is 16.1. The van der Waals surface area contributed by atoms with Crippen molar-refractivity contribution >= 4 is 131 Å². The molecule has 0 fully saturated rings. The lowest BCUT2D eigenvalue weighted by Crippen LogP contribution is -2.03. The molecule has 0 spiro atoms. The molecule has 7 heterocycles. The minimum absolute atomic E-state index is 0.504. The third kappa shape index (κ3) is 16.8. The Morgan fingerprint density at radius 1 is 0.163 bits per heavy atom. The molecule has 15 aromatic carbocycles. The fourth-order valence-corrected chi connectivity index (χ4v) is 22.2. The first kappa shape index (κ1) is 86.5. The highest BCUT2D eigenvalue weighted by Gasteiger charge is 2.24. The van der Waals surface area contributed by atoms with Crippen molar-refractivity contribution in [2.24, 2.45) is 35.5 Å². The van der Waals surface area contributed by atoms with E-state index in [1.165, 1.54) is 198 Å². The molecule has 7 aromatic heterocycles. The molecule has 0 N–H and O–H groups in total. The maximum Gasteiger partial charge on any atom is 0.164 e. The Balaban J connectivity index is 0.524. The molecule has 135 heavy (non-hydrogen) atoms. The summed E-state index contributed by atoms with van der Waals surface area (Å²) < 4.78 is 15.2. The maximum atomic E-state index is 5.35. The van der Waals surface area contributed by atoms with E-state index in [-0.39, 0.29) is 0 Å². The quantitative estimate of drug-likeness (QED) is 0.0450. The minimum Gasteiger partial charge on any atom is -0.340 e. The summed E-state index contributed by atoms with van der Waals surface area (Å²) >= 11 is 0. The lowest BCUT2D eigenvalue weighted by molar-refractivity contribution is 0.545. The summed E-state index contributed by atoms with van der Waals surface area (Å²) in [5, 5.41) is 15.9. The van der Waals surface area contributed by atoms with Crippen LogP contribution in [0.15, 0.2) is 309 Å². The molecule has 22 aromatic rings. The number of hydrogen-bond acceptors (Lipinski definition) is 3. The van der Waals surface area contributed by atoms with Crippen LogP contribution >= 0.6 is 0 Å². The largest absolute Gasteiger partial charge is 0.340 e. The molecule has 0 saturated heterocycles. The van der Waals surface area contributed by atoms with Gasteiger partial charge in [0.25, 0.3) is 0 Å². The molecule has 0 amide bonds. The number of para-hydroxylation sites is 3. The van der Waals surface area contributed by atoms with Gasteiger partial charge in [0.05, 0.1) is 0 Å². The van der Waals surface area contributed by atoms with Gasteiger partial charge in [0.15, 0.2) is 17.5 Å². The first-order chi connectivity index (χ1) is 65.8. The summed E-state index contributed by atoms with van der Waals surface area (Å²) in [6.45, 7) is 33.7. The molecule has 0 aliphatic heterocycles. The van der Waals surface area contributed by atoms with Crippen LogP contribution in [-0.4, -0.2) is 42.4 Å². The highest BCUT2D eigenvalue weighted by Crippen LogP contribution is 2.44. The average molecular weight is 1760 g/mol. The summed E-state index contributed by atoms with van der Waals surface area (Å²) in [5.41, 5.74) is 34.1. The van der Waals surface area contributed by atoms with Gasteiger partial charge in [-0.05, 0) is 287 Å². The smallest absolute Gasteiger partial charge is 0.164 e. The number of rotatable bonds is 30. The summed E-state index contributed by atoms with van der Waals surface area (Å²) in [6.07, 6.45) is 8.88. The van der Waals surface area contributed by atoms with Crippen LogP contribution in [0, 0.1) is 35.5 Å². The van der Waals surface area contributed by atoms with Crippen LogP contribution in [0.2, 0.25) is 0 Å². The zero-order chi connectivity index (χ0) is 92.0. The summed E-state index contributed by atoms with van der Waals surface area (Å²) in [5.74, 6) is 5.16. The van der Waals surface area contributed by atoms with Crippen LogP contribution in [0.25, 0.3) is 198 Å². The van der Waals surface area contributed by atoms with Gasteiger partial charge in [-0.1, -0.05) is 265 Å². The summed E-state index contributed by atoms with van der Waals surface area (Å²) in [6, 6.07) is 118. The van der Waals surface area contributed by atoms with E-state index >= 15 is 0 Å². The fraction of sp³-hybridized carbons (Fsp3) is 0.262. The molecular weight excluding hydrogens is 1640 g/mol. The zero-order valence-electron chi connectivity index (χ0n) is 80.5. The predicted molar refractivity (Wildman–Crippen MR) is 575 cm³/mol. The van der Waals surface area contributed by atoms with Crippen LogP contribution in [-0.2, 0) is 77.8 Å². The Morgan fingerprint density at radius 2 is 0.326 bits per heavy atom.